The second-order valence-corrected chi connectivity index (χ2v) is 8.90. The van der Waals surface area contributed by atoms with Crippen LogP contribution in [0.1, 0.15) is 51.8 Å². The van der Waals surface area contributed by atoms with Crippen molar-refractivity contribution in [2.75, 3.05) is 19.6 Å². The number of hydrogen-bond donors (Lipinski definition) is 1. The molecule has 7 heteroatoms. The van der Waals surface area contributed by atoms with E-state index in [2.05, 4.69) is 57.1 Å². The van der Waals surface area contributed by atoms with Gasteiger partial charge in [-0.05, 0) is 57.0 Å². The average molecular weight is 491 g/mol. The molecule has 3 amide bonds. The Morgan fingerprint density at radius 2 is 1.84 bits per heavy atom. The Bertz CT molecular complexity index is 832. The number of aromatic nitrogens is 1. The number of nitrogens with one attached hydrogen (secondary N) is 1. The lowest BCUT2D eigenvalue weighted by Crippen LogP contribution is -2.49. The Morgan fingerprint density at radius 3 is 2.45 bits per heavy atom. The van der Waals surface area contributed by atoms with Gasteiger partial charge in [0, 0.05) is 42.0 Å². The Morgan fingerprint density at radius 1 is 1.13 bits per heavy atom. The molecule has 6 nitrogen and oxygen atoms in total. The number of amides is 3. The minimum Gasteiger partial charge on any atom is -0.345 e. The summed E-state index contributed by atoms with van der Waals surface area (Å²) in [7, 11) is 0. The fourth-order valence-corrected chi connectivity index (χ4v) is 3.62. The minimum absolute atomic E-state index is 0.0233. The molecule has 0 radical (unpaired) electrons. The molecule has 1 N–H and O–H groups in total. The van der Waals surface area contributed by atoms with E-state index in [9.17, 15) is 9.59 Å². The van der Waals surface area contributed by atoms with Crippen LogP contribution in [-0.4, -0.2) is 52.0 Å². The van der Waals surface area contributed by atoms with Crippen molar-refractivity contribution in [3.8, 4) is 0 Å². The van der Waals surface area contributed by atoms with E-state index in [0.717, 1.165) is 29.6 Å². The average Bonchev–Trinajstić information content (AvgIpc) is 3.17. The van der Waals surface area contributed by atoms with Crippen LogP contribution in [0.3, 0.4) is 0 Å². The number of urea groups is 1. The molecule has 0 aliphatic rings. The lowest BCUT2D eigenvalue weighted by Gasteiger charge is -2.30. The molecule has 0 unspecified atom stereocenters. The van der Waals surface area contributed by atoms with Gasteiger partial charge in [-0.2, -0.15) is 0 Å². The maximum atomic E-state index is 13.2. The van der Waals surface area contributed by atoms with E-state index >= 15 is 0 Å². The molecule has 31 heavy (non-hydrogen) atoms. The molecule has 2 rings (SSSR count). The number of carbonyl (C=O) groups is 2. The van der Waals surface area contributed by atoms with Crippen LogP contribution in [0, 0.1) is 0 Å². The van der Waals surface area contributed by atoms with Gasteiger partial charge in [0.05, 0.1) is 6.54 Å². The van der Waals surface area contributed by atoms with Gasteiger partial charge in [0.25, 0.3) is 0 Å². The first kappa shape index (κ1) is 25.0. The van der Waals surface area contributed by atoms with Crippen LogP contribution in [0.25, 0.3) is 0 Å². The molecule has 1 aromatic heterocycles. The van der Waals surface area contributed by atoms with E-state index in [0.29, 0.717) is 19.6 Å². The van der Waals surface area contributed by atoms with Crippen molar-refractivity contribution in [2.45, 2.75) is 59.7 Å². The van der Waals surface area contributed by atoms with Crippen LogP contribution >= 0.6 is 15.9 Å². The first-order valence-corrected chi connectivity index (χ1v) is 11.9. The molecule has 2 aromatic rings. The van der Waals surface area contributed by atoms with Crippen LogP contribution in [0.2, 0.25) is 0 Å². The maximum absolute atomic E-state index is 13.2. The topological polar surface area (TPSA) is 57.6 Å². The van der Waals surface area contributed by atoms with E-state index in [1.165, 1.54) is 5.56 Å². The van der Waals surface area contributed by atoms with Gasteiger partial charge in [-0.3, -0.25) is 4.79 Å². The highest BCUT2D eigenvalue weighted by Gasteiger charge is 2.23. The first-order chi connectivity index (χ1) is 14.8. The van der Waals surface area contributed by atoms with Crippen molar-refractivity contribution in [3.63, 3.8) is 0 Å². The number of benzene rings is 1. The predicted octanol–water partition coefficient (Wildman–Crippen LogP) is 4.87. The van der Waals surface area contributed by atoms with Crippen LogP contribution in [-0.2, 0) is 17.9 Å². The van der Waals surface area contributed by atoms with E-state index < -0.39 is 0 Å². The summed E-state index contributed by atoms with van der Waals surface area (Å²) in [6.45, 7) is 10.5. The largest absolute Gasteiger partial charge is 0.345 e. The summed E-state index contributed by atoms with van der Waals surface area (Å²) in [4.78, 5) is 29.1. The molecular weight excluding hydrogens is 456 g/mol. The highest BCUT2D eigenvalue weighted by atomic mass is 79.9. The summed E-state index contributed by atoms with van der Waals surface area (Å²) in [5.41, 5.74) is 2.29. The highest BCUT2D eigenvalue weighted by molar-refractivity contribution is 9.10. The van der Waals surface area contributed by atoms with Gasteiger partial charge in [-0.1, -0.05) is 41.4 Å². The number of unbranched alkanes of at least 4 members (excludes halogenated alkanes) is 1. The first-order valence-electron chi connectivity index (χ1n) is 11.1. The summed E-state index contributed by atoms with van der Waals surface area (Å²) in [5.74, 6) is -0.0233. The zero-order chi connectivity index (χ0) is 22.8. The monoisotopic (exact) mass is 490 g/mol. The van der Waals surface area contributed by atoms with Crippen LogP contribution in [0.5, 0.6) is 0 Å². The fraction of sp³-hybridized carbons (Fsp3) is 0.500. The van der Waals surface area contributed by atoms with Crippen molar-refractivity contribution < 1.29 is 9.59 Å². The highest BCUT2D eigenvalue weighted by Crippen LogP contribution is 2.15. The van der Waals surface area contributed by atoms with Gasteiger partial charge in [-0.25, -0.2) is 4.79 Å². The van der Waals surface area contributed by atoms with Gasteiger partial charge in [0.15, 0.2) is 0 Å². The Kier molecular flexibility index (Phi) is 10.1. The molecule has 0 spiro atoms. The molecule has 0 aliphatic carbocycles. The molecule has 0 saturated carbocycles. The number of halogens is 1. The molecular formula is C24H35BrN4O2. The molecule has 0 aliphatic heterocycles. The van der Waals surface area contributed by atoms with Crippen LogP contribution < -0.4 is 5.32 Å². The van der Waals surface area contributed by atoms with E-state index in [-0.39, 0.29) is 24.5 Å². The quantitative estimate of drug-likeness (QED) is 0.488. The molecule has 0 fully saturated rings. The normalized spacial score (nSPS) is 10.9. The van der Waals surface area contributed by atoms with Crippen molar-refractivity contribution in [1.29, 1.82) is 0 Å². The van der Waals surface area contributed by atoms with E-state index in [4.69, 9.17) is 0 Å². The zero-order valence-electron chi connectivity index (χ0n) is 19.1. The lowest BCUT2D eigenvalue weighted by atomic mass is 10.2. The SMILES string of the molecule is CCCCN(Cc1cccn1Cc1ccc(Br)cc1)C(=O)CN(C(=O)NCC)C(C)C. The summed E-state index contributed by atoms with van der Waals surface area (Å²) in [5, 5.41) is 2.81. The van der Waals surface area contributed by atoms with Crippen molar-refractivity contribution >= 4 is 27.9 Å². The Hall–Kier alpha value is -2.28. The van der Waals surface area contributed by atoms with Gasteiger partial charge in [0.1, 0.15) is 6.54 Å². The minimum atomic E-state index is -0.195. The molecule has 0 saturated heterocycles. The predicted molar refractivity (Wildman–Crippen MR) is 129 cm³/mol. The Balaban J connectivity index is 2.14. The second kappa shape index (κ2) is 12.5. The third-order valence-electron chi connectivity index (χ3n) is 5.19. The third-order valence-corrected chi connectivity index (χ3v) is 5.72. The summed E-state index contributed by atoms with van der Waals surface area (Å²) >= 11 is 3.48. The van der Waals surface area contributed by atoms with Crippen molar-refractivity contribution in [3.05, 3.63) is 58.3 Å². The van der Waals surface area contributed by atoms with Crippen molar-refractivity contribution in [2.24, 2.45) is 0 Å². The van der Waals surface area contributed by atoms with E-state index in [1.54, 1.807) is 4.90 Å². The smallest absolute Gasteiger partial charge is 0.318 e. The van der Waals surface area contributed by atoms with E-state index in [1.807, 2.05) is 43.9 Å². The van der Waals surface area contributed by atoms with Gasteiger partial charge < -0.3 is 19.7 Å². The standard InChI is InChI=1S/C24H35BrN4O2/c1-5-7-14-28(23(30)18-29(19(3)4)24(31)26-6-2)17-22-9-8-15-27(22)16-20-10-12-21(25)13-11-20/h8-13,15,19H,5-7,14,16-18H2,1-4H3,(H,26,31). The van der Waals surface area contributed by atoms with Gasteiger partial charge in [0.2, 0.25) is 5.91 Å². The number of nitrogens with zero attached hydrogens (tertiary/aromatic N) is 3. The second-order valence-electron chi connectivity index (χ2n) is 7.98. The Labute approximate surface area is 194 Å². The molecule has 0 bridgehead atoms. The summed E-state index contributed by atoms with van der Waals surface area (Å²) < 4.78 is 3.24. The number of rotatable bonds is 11. The zero-order valence-corrected chi connectivity index (χ0v) is 20.7. The molecule has 0 atom stereocenters. The number of carbonyl (C=O) groups excluding carboxylic acids is 2. The summed E-state index contributed by atoms with van der Waals surface area (Å²) in [6.07, 6.45) is 3.99. The molecule has 170 valence electrons. The molecule has 1 aromatic carbocycles. The number of hydrogen-bond acceptors (Lipinski definition) is 2. The maximum Gasteiger partial charge on any atom is 0.318 e. The lowest BCUT2D eigenvalue weighted by molar-refractivity contribution is -0.133. The van der Waals surface area contributed by atoms with Crippen LogP contribution in [0.4, 0.5) is 4.79 Å². The van der Waals surface area contributed by atoms with Gasteiger partial charge in [-0.15, -0.1) is 0 Å². The third kappa shape index (κ3) is 7.73. The van der Waals surface area contributed by atoms with Crippen LogP contribution in [0.15, 0.2) is 47.1 Å². The van der Waals surface area contributed by atoms with Gasteiger partial charge >= 0.3 is 6.03 Å². The summed E-state index contributed by atoms with van der Waals surface area (Å²) in [6, 6.07) is 12.1. The van der Waals surface area contributed by atoms with Crippen molar-refractivity contribution in [1.82, 2.24) is 19.7 Å². The fourth-order valence-electron chi connectivity index (χ4n) is 3.36. The molecule has 1 heterocycles.